The van der Waals surface area contributed by atoms with E-state index >= 15 is 0 Å². The van der Waals surface area contributed by atoms with Crippen molar-refractivity contribution in [2.75, 3.05) is 4.90 Å². The second-order valence-corrected chi connectivity index (χ2v) is 9.28. The molecule has 0 saturated carbocycles. The largest absolute Gasteiger partial charge is 0.311 e. The highest BCUT2D eigenvalue weighted by Crippen LogP contribution is 2.45. The lowest BCUT2D eigenvalue weighted by molar-refractivity contribution is 1.31. The van der Waals surface area contributed by atoms with Crippen LogP contribution in [0.2, 0.25) is 0 Å². The number of para-hydroxylation sites is 1. The molecule has 156 valence electrons. The van der Waals surface area contributed by atoms with Crippen LogP contribution in [0.15, 0.2) is 121 Å². The highest BCUT2D eigenvalue weighted by molar-refractivity contribution is 7.02. The van der Waals surface area contributed by atoms with Crippen LogP contribution in [0.4, 0.5) is 17.1 Å². The molecule has 0 aromatic heterocycles. The highest BCUT2D eigenvalue weighted by Gasteiger charge is 2.43. The molecule has 6 aromatic rings. The monoisotopic (exact) mass is 429 g/mol. The van der Waals surface area contributed by atoms with Gasteiger partial charge in [-0.15, -0.1) is 0 Å². The Labute approximate surface area is 199 Å². The maximum Gasteiger partial charge on any atom is 0.249 e. The van der Waals surface area contributed by atoms with Gasteiger partial charge in [-0.1, -0.05) is 109 Å². The van der Waals surface area contributed by atoms with Gasteiger partial charge in [0.1, 0.15) is 0 Å². The third-order valence-corrected chi connectivity index (χ3v) is 7.65. The van der Waals surface area contributed by atoms with E-state index in [2.05, 4.69) is 126 Å². The van der Waals surface area contributed by atoms with Gasteiger partial charge >= 0.3 is 0 Å². The fraction of sp³-hybridized carbons (Fsp3) is 0. The van der Waals surface area contributed by atoms with Crippen molar-refractivity contribution in [2.24, 2.45) is 0 Å². The van der Waals surface area contributed by atoms with Gasteiger partial charge in [-0.05, 0) is 56.4 Å². The molecular formula is C32H20BN. The summed E-state index contributed by atoms with van der Waals surface area (Å²) in [4.78, 5) is 2.51. The molecule has 2 aliphatic rings. The minimum Gasteiger partial charge on any atom is -0.311 e. The zero-order valence-electron chi connectivity index (χ0n) is 18.6. The van der Waals surface area contributed by atoms with Gasteiger partial charge in [-0.3, -0.25) is 0 Å². The maximum absolute atomic E-state index is 2.51. The second kappa shape index (κ2) is 6.62. The fourth-order valence-electron chi connectivity index (χ4n) is 6.38. The van der Waals surface area contributed by atoms with E-state index in [4.69, 9.17) is 0 Å². The summed E-state index contributed by atoms with van der Waals surface area (Å²) in [6, 6.07) is 44.5. The predicted octanol–water partition coefficient (Wildman–Crippen LogP) is 6.27. The minimum atomic E-state index is 0.229. The Morgan fingerprint density at radius 2 is 1.06 bits per heavy atom. The van der Waals surface area contributed by atoms with Crippen molar-refractivity contribution in [3.8, 4) is 11.1 Å². The molecule has 0 amide bonds. The summed E-state index contributed by atoms with van der Waals surface area (Å²) in [5, 5.41) is 5.29. The molecule has 0 spiro atoms. The molecule has 0 fully saturated rings. The molecule has 8 rings (SSSR count). The lowest BCUT2D eigenvalue weighted by Gasteiger charge is -2.37. The number of nitrogens with zero attached hydrogens (tertiary/aromatic N) is 1. The van der Waals surface area contributed by atoms with Crippen molar-refractivity contribution in [3.05, 3.63) is 121 Å². The first kappa shape index (κ1) is 18.2. The minimum absolute atomic E-state index is 0.229. The summed E-state index contributed by atoms with van der Waals surface area (Å²) < 4.78 is 0. The van der Waals surface area contributed by atoms with Gasteiger partial charge in [0.2, 0.25) is 6.71 Å². The molecular weight excluding hydrogens is 409 g/mol. The lowest BCUT2D eigenvalue weighted by Crippen LogP contribution is -2.55. The van der Waals surface area contributed by atoms with Crippen LogP contribution in [0.5, 0.6) is 0 Å². The molecule has 2 heterocycles. The third kappa shape index (κ3) is 2.20. The number of anilines is 3. The van der Waals surface area contributed by atoms with Crippen LogP contribution >= 0.6 is 0 Å². The molecule has 2 aliphatic heterocycles. The molecule has 0 N–H and O–H groups in total. The number of fused-ring (bicyclic) bond motifs is 10. The average molecular weight is 429 g/mol. The maximum atomic E-state index is 2.51. The van der Waals surface area contributed by atoms with Crippen LogP contribution in [0, 0.1) is 0 Å². The van der Waals surface area contributed by atoms with Gasteiger partial charge in [-0.25, -0.2) is 0 Å². The smallest absolute Gasteiger partial charge is 0.249 e. The summed E-state index contributed by atoms with van der Waals surface area (Å²) >= 11 is 0. The summed E-state index contributed by atoms with van der Waals surface area (Å²) in [5.41, 5.74) is 10.8. The van der Waals surface area contributed by atoms with E-state index in [0.29, 0.717) is 0 Å². The van der Waals surface area contributed by atoms with Gasteiger partial charge in [0.25, 0.3) is 0 Å². The van der Waals surface area contributed by atoms with E-state index in [1.807, 2.05) is 0 Å². The van der Waals surface area contributed by atoms with Crippen molar-refractivity contribution < 1.29 is 0 Å². The Hall–Kier alpha value is -4.30. The summed E-state index contributed by atoms with van der Waals surface area (Å²) in [5.74, 6) is 0. The van der Waals surface area contributed by atoms with E-state index in [1.165, 1.54) is 66.1 Å². The first-order valence-corrected chi connectivity index (χ1v) is 11.9. The van der Waals surface area contributed by atoms with E-state index in [0.717, 1.165) is 0 Å². The van der Waals surface area contributed by atoms with E-state index in [1.54, 1.807) is 0 Å². The van der Waals surface area contributed by atoms with Crippen LogP contribution in [0.25, 0.3) is 32.7 Å². The van der Waals surface area contributed by atoms with E-state index in [-0.39, 0.29) is 6.71 Å². The zero-order valence-corrected chi connectivity index (χ0v) is 18.6. The normalized spacial score (nSPS) is 13.2. The average Bonchev–Trinajstić information content (AvgIpc) is 3.25. The van der Waals surface area contributed by atoms with Gasteiger partial charge in [0.15, 0.2) is 0 Å². The van der Waals surface area contributed by atoms with E-state index in [9.17, 15) is 0 Å². The van der Waals surface area contributed by atoms with E-state index < -0.39 is 0 Å². The molecule has 1 nitrogen and oxygen atoms in total. The van der Waals surface area contributed by atoms with Crippen molar-refractivity contribution in [3.63, 3.8) is 0 Å². The van der Waals surface area contributed by atoms with Crippen molar-refractivity contribution >= 4 is 61.7 Å². The highest BCUT2D eigenvalue weighted by atomic mass is 15.2. The molecule has 0 bridgehead atoms. The van der Waals surface area contributed by atoms with Crippen molar-refractivity contribution in [1.29, 1.82) is 0 Å². The first-order chi connectivity index (χ1) is 16.9. The molecule has 0 saturated heterocycles. The number of rotatable bonds is 1. The van der Waals surface area contributed by atoms with Crippen LogP contribution in [0.1, 0.15) is 0 Å². The van der Waals surface area contributed by atoms with Crippen LogP contribution in [-0.2, 0) is 0 Å². The number of benzene rings is 6. The van der Waals surface area contributed by atoms with Crippen molar-refractivity contribution in [1.82, 2.24) is 0 Å². The van der Waals surface area contributed by atoms with Gasteiger partial charge < -0.3 is 4.90 Å². The number of hydrogen-bond acceptors (Lipinski definition) is 1. The third-order valence-electron chi connectivity index (χ3n) is 7.65. The fourth-order valence-corrected chi connectivity index (χ4v) is 6.38. The Morgan fingerprint density at radius 3 is 1.88 bits per heavy atom. The number of hydrogen-bond donors (Lipinski definition) is 0. The van der Waals surface area contributed by atoms with Crippen LogP contribution in [0.3, 0.4) is 0 Å². The molecule has 2 heteroatoms. The summed E-state index contributed by atoms with van der Waals surface area (Å²) in [6.07, 6.45) is 0. The van der Waals surface area contributed by atoms with Gasteiger partial charge in [-0.2, -0.15) is 0 Å². The Bertz CT molecular complexity index is 1720. The molecule has 0 aliphatic carbocycles. The molecule has 0 radical (unpaired) electrons. The molecule has 0 atom stereocenters. The molecule has 34 heavy (non-hydrogen) atoms. The van der Waals surface area contributed by atoms with Gasteiger partial charge in [0.05, 0.1) is 0 Å². The Morgan fingerprint density at radius 1 is 0.441 bits per heavy atom. The Kier molecular flexibility index (Phi) is 3.54. The quantitative estimate of drug-likeness (QED) is 0.220. The summed E-state index contributed by atoms with van der Waals surface area (Å²) in [6.45, 7) is 0.229. The lowest BCUT2D eigenvalue weighted by atomic mass is 9.36. The first-order valence-electron chi connectivity index (χ1n) is 11.9. The zero-order chi connectivity index (χ0) is 22.2. The summed E-state index contributed by atoms with van der Waals surface area (Å²) in [7, 11) is 0. The predicted molar refractivity (Wildman–Crippen MR) is 146 cm³/mol. The standard InChI is InChI=1S/C32H20BN/c1-2-11-21(12-3-1)34-29-20-10-18-26-24-15-8-9-19-28(24)33(30(26)29)31-25-16-6-4-13-22(25)23-14-5-7-17-27(23)32(31)34/h1-20H. The van der Waals surface area contributed by atoms with Gasteiger partial charge in [0, 0.05) is 22.4 Å². The van der Waals surface area contributed by atoms with Crippen LogP contribution < -0.4 is 21.3 Å². The Balaban J connectivity index is 1.64. The van der Waals surface area contributed by atoms with Crippen molar-refractivity contribution in [2.45, 2.75) is 0 Å². The topological polar surface area (TPSA) is 3.24 Å². The van der Waals surface area contributed by atoms with Crippen LogP contribution in [-0.4, -0.2) is 6.71 Å². The second-order valence-electron chi connectivity index (χ2n) is 9.28. The SMILES string of the molecule is c1ccc(N2c3cccc4c3B(c3ccccc3-4)c3c2c2ccccc2c2ccccc32)cc1. The molecule has 6 aromatic carbocycles. The molecule has 0 unspecified atom stereocenters.